The second-order valence-corrected chi connectivity index (χ2v) is 5.35. The minimum absolute atomic E-state index is 0.217. The monoisotopic (exact) mass is 319 g/mol. The third-order valence-corrected chi connectivity index (χ3v) is 3.95. The van der Waals surface area contributed by atoms with Gasteiger partial charge in [-0.25, -0.2) is 0 Å². The molecule has 0 atom stereocenters. The predicted molar refractivity (Wildman–Crippen MR) is 84.7 cm³/mol. The molecular formula is C16H11Cl2NO2. The van der Waals surface area contributed by atoms with Crippen molar-refractivity contribution in [1.29, 1.82) is 0 Å². The van der Waals surface area contributed by atoms with E-state index >= 15 is 0 Å². The van der Waals surface area contributed by atoms with Crippen molar-refractivity contribution in [3.05, 3.63) is 63.8 Å². The first-order chi connectivity index (χ1) is 10.1. The summed E-state index contributed by atoms with van der Waals surface area (Å²) >= 11 is 12.2. The Labute approximate surface area is 131 Å². The van der Waals surface area contributed by atoms with Crippen molar-refractivity contribution >= 4 is 39.9 Å². The number of carbonyl (C=O) groups excluding carboxylic acids is 1. The number of ether oxygens (including phenoxy) is 1. The normalized spacial score (nSPS) is 10.8. The molecule has 1 heterocycles. The number of rotatable bonds is 3. The first kappa shape index (κ1) is 14.0. The van der Waals surface area contributed by atoms with E-state index in [0.29, 0.717) is 26.9 Å². The van der Waals surface area contributed by atoms with Crippen molar-refractivity contribution in [1.82, 2.24) is 4.98 Å². The second-order valence-electron chi connectivity index (χ2n) is 4.54. The Hall–Kier alpha value is -1.97. The molecule has 0 saturated heterocycles. The van der Waals surface area contributed by atoms with Crippen LogP contribution in [0.3, 0.4) is 0 Å². The molecule has 3 aromatic rings. The van der Waals surface area contributed by atoms with E-state index in [-0.39, 0.29) is 5.78 Å². The number of fused-ring (bicyclic) bond motifs is 1. The van der Waals surface area contributed by atoms with E-state index in [0.717, 1.165) is 10.9 Å². The maximum Gasteiger partial charge on any atom is 0.198 e. The highest BCUT2D eigenvalue weighted by atomic mass is 35.5. The molecule has 2 aromatic carbocycles. The summed E-state index contributed by atoms with van der Waals surface area (Å²) in [5, 5.41) is 1.45. The number of benzene rings is 2. The highest BCUT2D eigenvalue weighted by molar-refractivity contribution is 6.41. The van der Waals surface area contributed by atoms with Crippen LogP contribution in [0.5, 0.6) is 5.75 Å². The van der Waals surface area contributed by atoms with Crippen molar-refractivity contribution in [2.75, 3.05) is 7.11 Å². The van der Waals surface area contributed by atoms with E-state index in [1.807, 2.05) is 18.2 Å². The standard InChI is InChI=1S/C16H11Cl2NO2/c1-21-9-5-6-14-10(7-9)11(8-19-14)16(20)15-12(17)3-2-4-13(15)18/h2-8,19H,1H3. The molecular weight excluding hydrogens is 309 g/mol. The lowest BCUT2D eigenvalue weighted by molar-refractivity contribution is 0.104. The Morgan fingerprint density at radius 1 is 1.14 bits per heavy atom. The van der Waals surface area contributed by atoms with Gasteiger partial charge in [0.05, 0.1) is 22.7 Å². The van der Waals surface area contributed by atoms with Crippen molar-refractivity contribution in [3.63, 3.8) is 0 Å². The zero-order valence-electron chi connectivity index (χ0n) is 11.1. The van der Waals surface area contributed by atoms with Crippen LogP contribution in [-0.2, 0) is 0 Å². The molecule has 0 spiro atoms. The van der Waals surface area contributed by atoms with Gasteiger partial charge < -0.3 is 9.72 Å². The van der Waals surface area contributed by atoms with Crippen molar-refractivity contribution in [2.24, 2.45) is 0 Å². The zero-order valence-corrected chi connectivity index (χ0v) is 12.6. The topological polar surface area (TPSA) is 42.1 Å². The van der Waals surface area contributed by atoms with Gasteiger partial charge in [-0.05, 0) is 30.3 Å². The van der Waals surface area contributed by atoms with E-state index in [2.05, 4.69) is 4.98 Å². The van der Waals surface area contributed by atoms with E-state index in [1.165, 1.54) is 0 Å². The van der Waals surface area contributed by atoms with Gasteiger partial charge in [-0.15, -0.1) is 0 Å². The van der Waals surface area contributed by atoms with Crippen LogP contribution in [0.4, 0.5) is 0 Å². The SMILES string of the molecule is COc1ccc2[nH]cc(C(=O)c3c(Cl)cccc3Cl)c2c1. The number of nitrogens with one attached hydrogen (secondary N) is 1. The van der Waals surface area contributed by atoms with E-state index in [9.17, 15) is 4.79 Å². The predicted octanol–water partition coefficient (Wildman–Crippen LogP) is 4.71. The number of hydrogen-bond acceptors (Lipinski definition) is 2. The van der Waals surface area contributed by atoms with Gasteiger partial charge in [-0.3, -0.25) is 4.79 Å². The molecule has 21 heavy (non-hydrogen) atoms. The van der Waals surface area contributed by atoms with Crippen LogP contribution >= 0.6 is 23.2 Å². The van der Waals surface area contributed by atoms with Crippen LogP contribution in [0.2, 0.25) is 10.0 Å². The molecule has 0 aliphatic rings. The Kier molecular flexibility index (Phi) is 3.62. The van der Waals surface area contributed by atoms with Gasteiger partial charge >= 0.3 is 0 Å². The highest BCUT2D eigenvalue weighted by Gasteiger charge is 2.19. The Morgan fingerprint density at radius 2 is 1.86 bits per heavy atom. The van der Waals surface area contributed by atoms with Gasteiger partial charge in [-0.2, -0.15) is 0 Å². The second kappa shape index (κ2) is 5.43. The first-order valence-corrected chi connectivity index (χ1v) is 7.01. The van der Waals surface area contributed by atoms with Crippen LogP contribution in [0.25, 0.3) is 10.9 Å². The maximum absolute atomic E-state index is 12.7. The average molecular weight is 320 g/mol. The van der Waals surface area contributed by atoms with Crippen LogP contribution in [0.15, 0.2) is 42.6 Å². The first-order valence-electron chi connectivity index (χ1n) is 6.25. The fraction of sp³-hybridized carbons (Fsp3) is 0.0625. The molecule has 0 amide bonds. The van der Waals surface area contributed by atoms with E-state index in [1.54, 1.807) is 31.5 Å². The molecule has 1 aromatic heterocycles. The number of halogens is 2. The Morgan fingerprint density at radius 3 is 2.52 bits per heavy atom. The minimum Gasteiger partial charge on any atom is -0.497 e. The lowest BCUT2D eigenvalue weighted by Gasteiger charge is -2.05. The molecule has 0 saturated carbocycles. The quantitative estimate of drug-likeness (QED) is 0.710. The zero-order chi connectivity index (χ0) is 15.0. The van der Waals surface area contributed by atoms with Gasteiger partial charge in [0.1, 0.15) is 5.75 Å². The smallest absolute Gasteiger partial charge is 0.198 e. The molecule has 106 valence electrons. The highest BCUT2D eigenvalue weighted by Crippen LogP contribution is 2.30. The number of H-pyrrole nitrogens is 1. The summed E-state index contributed by atoms with van der Waals surface area (Å²) in [6, 6.07) is 10.5. The van der Waals surface area contributed by atoms with E-state index in [4.69, 9.17) is 27.9 Å². The third kappa shape index (κ3) is 2.39. The Balaban J connectivity index is 2.18. The van der Waals surface area contributed by atoms with Gasteiger partial charge in [0.15, 0.2) is 5.78 Å². The molecule has 0 fully saturated rings. The number of ketones is 1. The molecule has 3 rings (SSSR count). The summed E-state index contributed by atoms with van der Waals surface area (Å²) < 4.78 is 5.20. The molecule has 3 nitrogen and oxygen atoms in total. The average Bonchev–Trinajstić information content (AvgIpc) is 2.89. The lowest BCUT2D eigenvalue weighted by Crippen LogP contribution is -2.02. The van der Waals surface area contributed by atoms with Crippen molar-refractivity contribution in [3.8, 4) is 5.75 Å². The molecule has 0 bridgehead atoms. The van der Waals surface area contributed by atoms with E-state index < -0.39 is 0 Å². The number of methoxy groups -OCH3 is 1. The van der Waals surface area contributed by atoms with Crippen LogP contribution in [0.1, 0.15) is 15.9 Å². The van der Waals surface area contributed by atoms with Gasteiger partial charge in [0.25, 0.3) is 0 Å². The third-order valence-electron chi connectivity index (χ3n) is 3.32. The number of aromatic nitrogens is 1. The Bertz CT molecular complexity index is 819. The lowest BCUT2D eigenvalue weighted by atomic mass is 10.0. The van der Waals surface area contributed by atoms with Gasteiger partial charge in [0, 0.05) is 22.7 Å². The molecule has 0 radical (unpaired) electrons. The summed E-state index contributed by atoms with van der Waals surface area (Å²) in [6.07, 6.45) is 1.66. The summed E-state index contributed by atoms with van der Waals surface area (Å²) in [5.41, 5.74) is 1.67. The molecule has 0 aliphatic carbocycles. The maximum atomic E-state index is 12.7. The molecule has 0 aliphatic heterocycles. The summed E-state index contributed by atoms with van der Waals surface area (Å²) in [5.74, 6) is 0.464. The van der Waals surface area contributed by atoms with Crippen LogP contribution in [-0.4, -0.2) is 17.9 Å². The van der Waals surface area contributed by atoms with Gasteiger partial charge in [-0.1, -0.05) is 29.3 Å². The summed E-state index contributed by atoms with van der Waals surface area (Å²) in [6.45, 7) is 0. The summed E-state index contributed by atoms with van der Waals surface area (Å²) in [4.78, 5) is 15.8. The number of hydrogen-bond donors (Lipinski definition) is 1. The summed E-state index contributed by atoms with van der Waals surface area (Å²) in [7, 11) is 1.58. The largest absolute Gasteiger partial charge is 0.497 e. The molecule has 5 heteroatoms. The number of aromatic amines is 1. The number of carbonyl (C=O) groups is 1. The van der Waals surface area contributed by atoms with Crippen molar-refractivity contribution in [2.45, 2.75) is 0 Å². The minimum atomic E-state index is -0.217. The molecule has 1 N–H and O–H groups in total. The van der Waals surface area contributed by atoms with Crippen molar-refractivity contribution < 1.29 is 9.53 Å². The fourth-order valence-corrected chi connectivity index (χ4v) is 2.83. The fourth-order valence-electron chi connectivity index (χ4n) is 2.26. The van der Waals surface area contributed by atoms with Crippen LogP contribution < -0.4 is 4.74 Å². The van der Waals surface area contributed by atoms with Gasteiger partial charge in [0.2, 0.25) is 0 Å². The van der Waals surface area contributed by atoms with Crippen LogP contribution in [0, 0.1) is 0 Å². The molecule has 0 unspecified atom stereocenters.